The van der Waals surface area contributed by atoms with E-state index in [1.54, 1.807) is 0 Å². The van der Waals surface area contributed by atoms with E-state index >= 15 is 0 Å². The van der Waals surface area contributed by atoms with E-state index in [1.807, 2.05) is 24.3 Å². The van der Waals surface area contributed by atoms with E-state index in [2.05, 4.69) is 27.8 Å². The number of nitrogens with one attached hydrogen (secondary N) is 2. The molecule has 7 heteroatoms. The normalized spacial score (nSPS) is 16.0. The van der Waals surface area contributed by atoms with Crippen LogP contribution in [-0.4, -0.2) is 28.9 Å². The van der Waals surface area contributed by atoms with Gasteiger partial charge >= 0.3 is 6.03 Å². The molecule has 0 fully saturated rings. The Morgan fingerprint density at radius 1 is 1.41 bits per heavy atom. The number of carbonyl (C=O) groups is 1. The number of aromatic nitrogens is 2. The van der Waals surface area contributed by atoms with Gasteiger partial charge in [0.25, 0.3) is 0 Å². The number of para-hydroxylation sites is 1. The summed E-state index contributed by atoms with van der Waals surface area (Å²) in [5.74, 6) is 0.906. The maximum absolute atomic E-state index is 11.9. The lowest BCUT2D eigenvalue weighted by Crippen LogP contribution is -2.37. The lowest BCUT2D eigenvalue weighted by atomic mass is 10.1. The van der Waals surface area contributed by atoms with E-state index < -0.39 is 0 Å². The summed E-state index contributed by atoms with van der Waals surface area (Å²) < 4.78 is 5.78. The van der Waals surface area contributed by atoms with Gasteiger partial charge in [-0.25, -0.2) is 4.79 Å². The van der Waals surface area contributed by atoms with Crippen molar-refractivity contribution in [3.8, 4) is 5.75 Å². The molecule has 1 unspecified atom stereocenters. The molecule has 0 saturated carbocycles. The van der Waals surface area contributed by atoms with E-state index in [1.165, 1.54) is 16.9 Å². The molecule has 1 aromatic carbocycles. The lowest BCUT2D eigenvalue weighted by Gasteiger charge is -2.11. The molecule has 3 rings (SSSR count). The number of carbonyl (C=O) groups excluding carboxylic acids is 1. The topological polar surface area (TPSA) is 76.1 Å². The van der Waals surface area contributed by atoms with Gasteiger partial charge in [-0.1, -0.05) is 36.5 Å². The smallest absolute Gasteiger partial charge is 0.321 e. The molecule has 1 atom stereocenters. The Kier molecular flexibility index (Phi) is 4.53. The van der Waals surface area contributed by atoms with Crippen LogP contribution in [0, 0.1) is 0 Å². The van der Waals surface area contributed by atoms with E-state index in [4.69, 9.17) is 4.74 Å². The maximum Gasteiger partial charge on any atom is 0.321 e. The predicted molar refractivity (Wildman–Crippen MR) is 85.5 cm³/mol. The number of amides is 2. The van der Waals surface area contributed by atoms with Crippen molar-refractivity contribution < 1.29 is 9.53 Å². The zero-order chi connectivity index (χ0) is 15.4. The number of urea groups is 1. The molecule has 0 saturated heterocycles. The van der Waals surface area contributed by atoms with Crippen LogP contribution in [0.4, 0.5) is 9.93 Å². The van der Waals surface area contributed by atoms with Crippen LogP contribution < -0.4 is 15.4 Å². The van der Waals surface area contributed by atoms with Crippen molar-refractivity contribution in [1.29, 1.82) is 0 Å². The van der Waals surface area contributed by atoms with Crippen molar-refractivity contribution in [2.75, 3.05) is 11.9 Å². The van der Waals surface area contributed by atoms with Gasteiger partial charge in [0, 0.05) is 12.8 Å². The molecule has 0 aliphatic carbocycles. The van der Waals surface area contributed by atoms with Crippen molar-refractivity contribution in [2.45, 2.75) is 32.3 Å². The second kappa shape index (κ2) is 6.74. The Balaban J connectivity index is 1.45. The zero-order valence-electron chi connectivity index (χ0n) is 12.3. The van der Waals surface area contributed by atoms with Crippen LogP contribution in [0.3, 0.4) is 0 Å². The van der Waals surface area contributed by atoms with E-state index in [9.17, 15) is 4.79 Å². The van der Waals surface area contributed by atoms with Crippen LogP contribution in [0.2, 0.25) is 0 Å². The highest BCUT2D eigenvalue weighted by Crippen LogP contribution is 2.27. The summed E-state index contributed by atoms with van der Waals surface area (Å²) in [6, 6.07) is 7.66. The quantitative estimate of drug-likeness (QED) is 0.888. The number of rotatable bonds is 5. The van der Waals surface area contributed by atoms with Crippen LogP contribution in [0.1, 0.15) is 23.9 Å². The van der Waals surface area contributed by atoms with Crippen LogP contribution in [0.5, 0.6) is 5.75 Å². The average Bonchev–Trinajstić information content (AvgIpc) is 3.12. The maximum atomic E-state index is 11.9. The van der Waals surface area contributed by atoms with Crippen LogP contribution in [0.25, 0.3) is 0 Å². The van der Waals surface area contributed by atoms with E-state index in [-0.39, 0.29) is 12.1 Å². The van der Waals surface area contributed by atoms with E-state index in [0.29, 0.717) is 11.7 Å². The Labute approximate surface area is 132 Å². The number of nitrogens with zero attached hydrogens (tertiary/aromatic N) is 2. The first-order chi connectivity index (χ1) is 10.7. The number of fused-ring (bicyclic) bond motifs is 1. The SMILES string of the molecule is CCCc1nnc(NC(=O)NCC2Cc3ccccc3O2)s1. The largest absolute Gasteiger partial charge is 0.488 e. The number of hydrogen-bond donors (Lipinski definition) is 2. The third-order valence-electron chi connectivity index (χ3n) is 3.36. The van der Waals surface area contributed by atoms with Crippen molar-refractivity contribution >= 4 is 22.5 Å². The Bertz CT molecular complexity index is 633. The number of anilines is 1. The number of hydrogen-bond acceptors (Lipinski definition) is 5. The van der Waals surface area contributed by atoms with Gasteiger partial charge < -0.3 is 10.1 Å². The van der Waals surface area contributed by atoms with E-state index in [0.717, 1.165) is 30.0 Å². The van der Waals surface area contributed by atoms with Gasteiger partial charge in [0.2, 0.25) is 5.13 Å². The molecule has 0 bridgehead atoms. The average molecular weight is 318 g/mol. The minimum absolute atomic E-state index is 0.0202. The van der Waals surface area contributed by atoms with Crippen LogP contribution in [-0.2, 0) is 12.8 Å². The van der Waals surface area contributed by atoms with Gasteiger partial charge in [0.05, 0.1) is 6.54 Å². The fraction of sp³-hybridized carbons (Fsp3) is 0.400. The zero-order valence-corrected chi connectivity index (χ0v) is 13.2. The summed E-state index contributed by atoms with van der Waals surface area (Å²) in [5, 5.41) is 15.0. The predicted octanol–water partition coefficient (Wildman–Crippen LogP) is 2.62. The summed E-state index contributed by atoms with van der Waals surface area (Å²) in [6.07, 6.45) is 2.69. The molecule has 6 nitrogen and oxygen atoms in total. The lowest BCUT2D eigenvalue weighted by molar-refractivity contribution is 0.219. The Morgan fingerprint density at radius 2 is 2.27 bits per heavy atom. The first kappa shape index (κ1) is 14.8. The third-order valence-corrected chi connectivity index (χ3v) is 4.25. The summed E-state index contributed by atoms with van der Waals surface area (Å²) in [5.41, 5.74) is 1.18. The fourth-order valence-electron chi connectivity index (χ4n) is 2.33. The minimum Gasteiger partial charge on any atom is -0.488 e. The molecule has 2 heterocycles. The van der Waals surface area contributed by atoms with Gasteiger partial charge in [0.15, 0.2) is 0 Å². The van der Waals surface area contributed by atoms with Crippen molar-refractivity contribution in [3.05, 3.63) is 34.8 Å². The van der Waals surface area contributed by atoms with Crippen molar-refractivity contribution in [1.82, 2.24) is 15.5 Å². The monoisotopic (exact) mass is 318 g/mol. The van der Waals surface area contributed by atoms with Crippen molar-refractivity contribution in [2.24, 2.45) is 0 Å². The molecule has 116 valence electrons. The molecule has 2 amide bonds. The highest BCUT2D eigenvalue weighted by molar-refractivity contribution is 7.15. The first-order valence-electron chi connectivity index (χ1n) is 7.36. The Hall–Kier alpha value is -2.15. The van der Waals surface area contributed by atoms with Gasteiger partial charge in [-0.05, 0) is 18.1 Å². The number of ether oxygens (including phenoxy) is 1. The van der Waals surface area contributed by atoms with Gasteiger partial charge in [0.1, 0.15) is 16.9 Å². The molecular formula is C15H18N4O2S. The van der Waals surface area contributed by atoms with Gasteiger partial charge in [-0.2, -0.15) is 0 Å². The number of benzene rings is 1. The van der Waals surface area contributed by atoms with Crippen LogP contribution in [0.15, 0.2) is 24.3 Å². The molecule has 1 aliphatic heterocycles. The molecular weight excluding hydrogens is 300 g/mol. The Morgan fingerprint density at radius 3 is 3.09 bits per heavy atom. The first-order valence-corrected chi connectivity index (χ1v) is 8.18. The highest BCUT2D eigenvalue weighted by atomic mass is 32.1. The molecule has 2 N–H and O–H groups in total. The second-order valence-electron chi connectivity index (χ2n) is 5.14. The summed E-state index contributed by atoms with van der Waals surface area (Å²) in [7, 11) is 0. The summed E-state index contributed by atoms with van der Waals surface area (Å²) in [4.78, 5) is 11.9. The summed E-state index contributed by atoms with van der Waals surface area (Å²) in [6.45, 7) is 2.54. The highest BCUT2D eigenvalue weighted by Gasteiger charge is 2.22. The summed E-state index contributed by atoms with van der Waals surface area (Å²) >= 11 is 1.41. The third kappa shape index (κ3) is 3.54. The second-order valence-corrected chi connectivity index (χ2v) is 6.20. The molecule has 0 spiro atoms. The van der Waals surface area contributed by atoms with Crippen molar-refractivity contribution in [3.63, 3.8) is 0 Å². The molecule has 1 aromatic heterocycles. The molecule has 1 aliphatic rings. The molecule has 0 radical (unpaired) electrons. The standard InChI is InChI=1S/C15H18N4O2S/c1-2-5-13-18-19-15(22-13)17-14(20)16-9-11-8-10-6-3-4-7-12(10)21-11/h3-4,6-7,11H,2,5,8-9H2,1H3,(H2,16,17,19,20). The number of aryl methyl sites for hydroxylation is 1. The van der Waals surface area contributed by atoms with Gasteiger partial charge in [-0.15, -0.1) is 10.2 Å². The molecule has 22 heavy (non-hydrogen) atoms. The van der Waals surface area contributed by atoms with Crippen LogP contribution >= 0.6 is 11.3 Å². The minimum atomic E-state index is -0.279. The molecule has 2 aromatic rings. The van der Waals surface area contributed by atoms with Gasteiger partial charge in [-0.3, -0.25) is 5.32 Å². The fourth-order valence-corrected chi connectivity index (χ4v) is 3.17.